The van der Waals surface area contributed by atoms with Gasteiger partial charge in [-0.15, -0.1) is 0 Å². The second-order valence-corrected chi connectivity index (χ2v) is 3.25. The van der Waals surface area contributed by atoms with Crippen LogP contribution in [0, 0.1) is 11.8 Å². The number of rotatable bonds is 3. The summed E-state index contributed by atoms with van der Waals surface area (Å²) < 4.78 is 0. The fourth-order valence-corrected chi connectivity index (χ4v) is 1.68. The van der Waals surface area contributed by atoms with E-state index in [4.69, 9.17) is 0 Å². The molecule has 0 saturated carbocycles. The number of hydrogen-bond acceptors (Lipinski definition) is 0. The Morgan fingerprint density at radius 1 is 1.45 bits per heavy atom. The van der Waals surface area contributed by atoms with Gasteiger partial charge < -0.3 is 0 Å². The second kappa shape index (κ2) is 4.38. The molecule has 0 aliphatic heterocycles. The molecule has 2 unspecified atom stereocenters. The van der Waals surface area contributed by atoms with Crippen LogP contribution in [-0.4, -0.2) is 0 Å². The van der Waals surface area contributed by atoms with Crippen LogP contribution in [0.5, 0.6) is 0 Å². The van der Waals surface area contributed by atoms with E-state index in [1.807, 2.05) is 0 Å². The van der Waals surface area contributed by atoms with Crippen molar-refractivity contribution >= 4 is 0 Å². The maximum Gasteiger partial charge on any atom is -0.00223 e. The minimum absolute atomic E-state index is 0.736. The zero-order valence-electron chi connectivity index (χ0n) is 7.59. The van der Waals surface area contributed by atoms with Gasteiger partial charge >= 0.3 is 0 Å². The predicted octanol–water partition coefficient (Wildman–Crippen LogP) is 3.55. The van der Waals surface area contributed by atoms with Gasteiger partial charge in [-0.05, 0) is 24.7 Å². The first-order valence-electron chi connectivity index (χ1n) is 4.71. The van der Waals surface area contributed by atoms with Crippen LogP contribution in [-0.2, 0) is 0 Å². The van der Waals surface area contributed by atoms with Crippen LogP contribution in [0.3, 0.4) is 0 Å². The highest BCUT2D eigenvalue weighted by molar-refractivity contribution is 5.09. The van der Waals surface area contributed by atoms with Crippen molar-refractivity contribution in [3.05, 3.63) is 24.3 Å². The summed E-state index contributed by atoms with van der Waals surface area (Å²) in [4.78, 5) is 0. The summed E-state index contributed by atoms with van der Waals surface area (Å²) >= 11 is 0. The maximum atomic E-state index is 2.36. The molecular formula is C11H18. The third kappa shape index (κ3) is 2.21. The third-order valence-electron chi connectivity index (χ3n) is 2.46. The first-order chi connectivity index (χ1) is 5.38. The Bertz CT molecular complexity index is 153. The topological polar surface area (TPSA) is 0 Å². The van der Waals surface area contributed by atoms with Crippen molar-refractivity contribution in [1.82, 2.24) is 0 Å². The molecule has 62 valence electrons. The van der Waals surface area contributed by atoms with E-state index in [2.05, 4.69) is 38.2 Å². The van der Waals surface area contributed by atoms with Gasteiger partial charge in [-0.1, -0.05) is 44.6 Å². The van der Waals surface area contributed by atoms with Gasteiger partial charge in [0, 0.05) is 0 Å². The minimum atomic E-state index is 0.736. The van der Waals surface area contributed by atoms with Gasteiger partial charge in [0.1, 0.15) is 0 Å². The molecule has 0 spiro atoms. The van der Waals surface area contributed by atoms with E-state index in [9.17, 15) is 0 Å². The van der Waals surface area contributed by atoms with Crippen molar-refractivity contribution < 1.29 is 0 Å². The fourth-order valence-electron chi connectivity index (χ4n) is 1.68. The van der Waals surface area contributed by atoms with Crippen molar-refractivity contribution in [2.45, 2.75) is 33.1 Å². The van der Waals surface area contributed by atoms with E-state index in [1.165, 1.54) is 19.3 Å². The van der Waals surface area contributed by atoms with Gasteiger partial charge in [-0.25, -0.2) is 0 Å². The summed E-state index contributed by atoms with van der Waals surface area (Å²) in [5, 5.41) is 0. The number of allylic oxidation sites excluding steroid dienone is 4. The Morgan fingerprint density at radius 3 is 2.91 bits per heavy atom. The quantitative estimate of drug-likeness (QED) is 0.540. The van der Waals surface area contributed by atoms with Crippen molar-refractivity contribution in [1.29, 1.82) is 0 Å². The highest BCUT2D eigenvalue weighted by atomic mass is 14.2. The molecule has 0 fully saturated rings. The van der Waals surface area contributed by atoms with Crippen LogP contribution in [0.25, 0.3) is 0 Å². The first-order valence-corrected chi connectivity index (χ1v) is 4.71. The highest BCUT2D eigenvalue weighted by Crippen LogP contribution is 2.28. The van der Waals surface area contributed by atoms with Crippen LogP contribution in [0.2, 0.25) is 0 Å². The zero-order chi connectivity index (χ0) is 8.10. The monoisotopic (exact) mass is 150 g/mol. The molecule has 0 amide bonds. The van der Waals surface area contributed by atoms with Crippen molar-refractivity contribution in [3.63, 3.8) is 0 Å². The molecular weight excluding hydrogens is 132 g/mol. The molecule has 0 radical (unpaired) electrons. The molecule has 0 saturated heterocycles. The van der Waals surface area contributed by atoms with Crippen molar-refractivity contribution in [2.75, 3.05) is 0 Å². The van der Waals surface area contributed by atoms with Crippen LogP contribution >= 0.6 is 0 Å². The standard InChI is InChI=1S/C11H18/c1-3-5-7-11-9-6-8-10(11)4-2/h5-7,9-11H,3-4,8H2,1-2H3/b7-5+. The average Bonchev–Trinajstić information content (AvgIpc) is 2.47. The van der Waals surface area contributed by atoms with Gasteiger partial charge in [0.05, 0.1) is 0 Å². The normalized spacial score (nSPS) is 30.4. The van der Waals surface area contributed by atoms with Crippen LogP contribution in [0.1, 0.15) is 33.1 Å². The highest BCUT2D eigenvalue weighted by Gasteiger charge is 2.17. The van der Waals surface area contributed by atoms with E-state index >= 15 is 0 Å². The van der Waals surface area contributed by atoms with E-state index < -0.39 is 0 Å². The van der Waals surface area contributed by atoms with Gasteiger partial charge in [-0.2, -0.15) is 0 Å². The molecule has 0 bridgehead atoms. The van der Waals surface area contributed by atoms with E-state index in [1.54, 1.807) is 0 Å². The Labute approximate surface area is 70.0 Å². The zero-order valence-corrected chi connectivity index (χ0v) is 7.59. The molecule has 1 aliphatic rings. The molecule has 1 aliphatic carbocycles. The Morgan fingerprint density at radius 2 is 2.27 bits per heavy atom. The lowest BCUT2D eigenvalue weighted by molar-refractivity contribution is 0.471. The summed E-state index contributed by atoms with van der Waals surface area (Å²) in [5.74, 6) is 1.62. The molecule has 2 atom stereocenters. The molecule has 11 heavy (non-hydrogen) atoms. The van der Waals surface area contributed by atoms with Crippen molar-refractivity contribution in [3.8, 4) is 0 Å². The predicted molar refractivity (Wildman–Crippen MR) is 50.5 cm³/mol. The van der Waals surface area contributed by atoms with E-state index in [-0.39, 0.29) is 0 Å². The number of hydrogen-bond donors (Lipinski definition) is 0. The molecule has 0 nitrogen and oxygen atoms in total. The Kier molecular flexibility index (Phi) is 3.41. The molecule has 0 aromatic rings. The van der Waals surface area contributed by atoms with Gasteiger partial charge in [-0.3, -0.25) is 0 Å². The smallest absolute Gasteiger partial charge is 0.00223 e. The molecule has 0 aromatic carbocycles. The molecule has 0 heteroatoms. The second-order valence-electron chi connectivity index (χ2n) is 3.25. The molecule has 0 N–H and O–H groups in total. The largest absolute Gasteiger partial charge is 0.0882 e. The lowest BCUT2D eigenvalue weighted by atomic mass is 9.93. The van der Waals surface area contributed by atoms with E-state index in [0.29, 0.717) is 0 Å². The van der Waals surface area contributed by atoms with E-state index in [0.717, 1.165) is 11.8 Å². The van der Waals surface area contributed by atoms with Gasteiger partial charge in [0.15, 0.2) is 0 Å². The van der Waals surface area contributed by atoms with Crippen molar-refractivity contribution in [2.24, 2.45) is 11.8 Å². The molecule has 0 aromatic heterocycles. The van der Waals surface area contributed by atoms with Gasteiger partial charge in [0.25, 0.3) is 0 Å². The van der Waals surface area contributed by atoms with Crippen LogP contribution in [0.4, 0.5) is 0 Å². The summed E-state index contributed by atoms with van der Waals surface area (Å²) in [5.41, 5.74) is 0. The Balaban J connectivity index is 2.43. The lowest BCUT2D eigenvalue weighted by Gasteiger charge is -2.12. The lowest BCUT2D eigenvalue weighted by Crippen LogP contribution is -2.03. The van der Waals surface area contributed by atoms with Gasteiger partial charge in [0.2, 0.25) is 0 Å². The summed E-state index contributed by atoms with van der Waals surface area (Å²) in [6.07, 6.45) is 13.1. The SMILES string of the molecule is CC/C=C/C1C=CCC1CC. The fraction of sp³-hybridized carbons (Fsp3) is 0.636. The van der Waals surface area contributed by atoms with Crippen LogP contribution < -0.4 is 0 Å². The average molecular weight is 150 g/mol. The summed E-state index contributed by atoms with van der Waals surface area (Å²) in [6, 6.07) is 0. The third-order valence-corrected chi connectivity index (χ3v) is 2.46. The Hall–Kier alpha value is -0.520. The van der Waals surface area contributed by atoms with Crippen LogP contribution in [0.15, 0.2) is 24.3 Å². The minimum Gasteiger partial charge on any atom is -0.0882 e. The molecule has 0 heterocycles. The summed E-state index contributed by atoms with van der Waals surface area (Å²) in [7, 11) is 0. The summed E-state index contributed by atoms with van der Waals surface area (Å²) in [6.45, 7) is 4.47. The maximum absolute atomic E-state index is 2.36. The molecule has 1 rings (SSSR count). The first kappa shape index (κ1) is 8.58.